The highest BCUT2D eigenvalue weighted by Crippen LogP contribution is 2.32. The average molecular weight is 317 g/mol. The van der Waals surface area contributed by atoms with Crippen molar-refractivity contribution in [3.63, 3.8) is 0 Å². The van der Waals surface area contributed by atoms with Gasteiger partial charge in [0.1, 0.15) is 0 Å². The average Bonchev–Trinajstić information content (AvgIpc) is 2.53. The monoisotopic (exact) mass is 317 g/mol. The third kappa shape index (κ3) is 4.98. The fourth-order valence-corrected chi connectivity index (χ4v) is 3.96. The number of carbonyl (C=O) groups excluding carboxylic acids is 1. The Hall–Kier alpha value is -1.51. The molecule has 3 heteroatoms. The zero-order chi connectivity index (χ0) is 16.8. The van der Waals surface area contributed by atoms with E-state index in [9.17, 15) is 4.79 Å². The van der Waals surface area contributed by atoms with E-state index < -0.39 is 0 Å². The molecule has 128 valence electrons. The van der Waals surface area contributed by atoms with Gasteiger partial charge in [0.25, 0.3) is 0 Å². The standard InChI is InChI=1S/C20H31NO2/c1-14-12-15(2)18(19(21)13-14)7-5-4-6-16-8-10-17(11-9-16)20(22)23-3/h12-13,16-17H,4-11,21H2,1-3H3. The van der Waals surface area contributed by atoms with Crippen LogP contribution in [0.3, 0.4) is 0 Å². The minimum atomic E-state index is -0.0197. The molecular weight excluding hydrogens is 286 g/mol. The summed E-state index contributed by atoms with van der Waals surface area (Å²) in [6.45, 7) is 4.25. The summed E-state index contributed by atoms with van der Waals surface area (Å²) in [6.07, 6.45) is 9.15. The van der Waals surface area contributed by atoms with Crippen molar-refractivity contribution < 1.29 is 9.53 Å². The number of rotatable bonds is 6. The molecule has 1 fully saturated rings. The first kappa shape index (κ1) is 17.8. The fraction of sp³-hybridized carbons (Fsp3) is 0.650. The Kier molecular flexibility index (Phi) is 6.49. The SMILES string of the molecule is COC(=O)C1CCC(CCCCc2c(C)cc(C)cc2N)CC1. The van der Waals surface area contributed by atoms with E-state index in [1.807, 2.05) is 0 Å². The van der Waals surface area contributed by atoms with Gasteiger partial charge >= 0.3 is 5.97 Å². The van der Waals surface area contributed by atoms with E-state index in [4.69, 9.17) is 10.5 Å². The number of aryl methyl sites for hydroxylation is 2. The number of methoxy groups -OCH3 is 1. The predicted molar refractivity (Wildman–Crippen MR) is 95.3 cm³/mol. The van der Waals surface area contributed by atoms with Crippen molar-refractivity contribution in [2.75, 3.05) is 12.8 Å². The first-order valence-corrected chi connectivity index (χ1v) is 8.94. The number of ether oxygens (including phenoxy) is 1. The van der Waals surface area contributed by atoms with Crippen molar-refractivity contribution in [1.82, 2.24) is 0 Å². The number of nitrogens with two attached hydrogens (primary N) is 1. The summed E-state index contributed by atoms with van der Waals surface area (Å²) in [4.78, 5) is 11.5. The van der Waals surface area contributed by atoms with E-state index in [2.05, 4.69) is 26.0 Å². The third-order valence-corrected chi connectivity index (χ3v) is 5.32. The summed E-state index contributed by atoms with van der Waals surface area (Å²) < 4.78 is 4.85. The number of nitrogen functional groups attached to an aromatic ring is 1. The zero-order valence-corrected chi connectivity index (χ0v) is 14.9. The van der Waals surface area contributed by atoms with Gasteiger partial charge in [0.15, 0.2) is 0 Å². The van der Waals surface area contributed by atoms with Gasteiger partial charge in [-0.25, -0.2) is 0 Å². The summed E-state index contributed by atoms with van der Waals surface area (Å²) in [5.41, 5.74) is 11.0. The number of hydrogen-bond acceptors (Lipinski definition) is 3. The van der Waals surface area contributed by atoms with Gasteiger partial charge in [-0.2, -0.15) is 0 Å². The number of unbranched alkanes of at least 4 members (excludes halogenated alkanes) is 1. The molecule has 0 spiro atoms. The second-order valence-electron chi connectivity index (χ2n) is 7.14. The lowest BCUT2D eigenvalue weighted by molar-refractivity contribution is -0.146. The summed E-state index contributed by atoms with van der Waals surface area (Å²) >= 11 is 0. The minimum Gasteiger partial charge on any atom is -0.469 e. The van der Waals surface area contributed by atoms with Gasteiger partial charge in [-0.1, -0.05) is 18.9 Å². The molecule has 0 unspecified atom stereocenters. The van der Waals surface area contributed by atoms with Crippen LogP contribution in [0, 0.1) is 25.7 Å². The van der Waals surface area contributed by atoms with E-state index in [-0.39, 0.29) is 11.9 Å². The fourth-order valence-electron chi connectivity index (χ4n) is 3.96. The van der Waals surface area contributed by atoms with E-state index in [0.29, 0.717) is 0 Å². The van der Waals surface area contributed by atoms with Gasteiger partial charge in [-0.15, -0.1) is 0 Å². The molecule has 0 saturated heterocycles. The predicted octanol–water partition coefficient (Wildman–Crippen LogP) is 4.58. The minimum absolute atomic E-state index is 0.0197. The Morgan fingerprint density at radius 3 is 2.48 bits per heavy atom. The number of hydrogen-bond donors (Lipinski definition) is 1. The van der Waals surface area contributed by atoms with Gasteiger partial charge in [-0.3, -0.25) is 4.79 Å². The van der Waals surface area contributed by atoms with E-state index in [1.165, 1.54) is 55.9 Å². The first-order valence-electron chi connectivity index (χ1n) is 8.94. The highest BCUT2D eigenvalue weighted by atomic mass is 16.5. The Balaban J connectivity index is 1.70. The maximum atomic E-state index is 11.5. The Bertz CT molecular complexity index is 507. The first-order chi connectivity index (χ1) is 11.0. The Morgan fingerprint density at radius 2 is 1.87 bits per heavy atom. The molecule has 1 aliphatic rings. The molecule has 1 aliphatic carbocycles. The molecule has 0 amide bonds. The van der Waals surface area contributed by atoms with Crippen LogP contribution in [0.2, 0.25) is 0 Å². The number of esters is 1. The van der Waals surface area contributed by atoms with Crippen LogP contribution in [0.5, 0.6) is 0 Å². The highest BCUT2D eigenvalue weighted by molar-refractivity contribution is 5.72. The molecule has 23 heavy (non-hydrogen) atoms. The molecule has 0 aliphatic heterocycles. The van der Waals surface area contributed by atoms with Crippen molar-refractivity contribution in [2.24, 2.45) is 11.8 Å². The van der Waals surface area contributed by atoms with Gasteiger partial charge in [-0.05, 0) is 81.0 Å². The Morgan fingerprint density at radius 1 is 1.17 bits per heavy atom. The van der Waals surface area contributed by atoms with Crippen LogP contribution in [-0.2, 0) is 16.0 Å². The summed E-state index contributed by atoms with van der Waals surface area (Å²) in [5.74, 6) is 0.910. The maximum absolute atomic E-state index is 11.5. The number of benzene rings is 1. The van der Waals surface area contributed by atoms with Crippen LogP contribution in [0.4, 0.5) is 5.69 Å². The summed E-state index contributed by atoms with van der Waals surface area (Å²) in [7, 11) is 1.49. The van der Waals surface area contributed by atoms with Crippen molar-refractivity contribution in [3.05, 3.63) is 28.8 Å². The smallest absolute Gasteiger partial charge is 0.308 e. The van der Waals surface area contributed by atoms with Gasteiger partial charge in [0, 0.05) is 5.69 Å². The Labute approximate surface area is 140 Å². The molecule has 2 N–H and O–H groups in total. The number of carbonyl (C=O) groups is 1. The van der Waals surface area contributed by atoms with Crippen molar-refractivity contribution >= 4 is 11.7 Å². The maximum Gasteiger partial charge on any atom is 0.308 e. The molecule has 0 heterocycles. The van der Waals surface area contributed by atoms with Gasteiger partial charge < -0.3 is 10.5 Å². The van der Waals surface area contributed by atoms with Crippen molar-refractivity contribution in [2.45, 2.75) is 65.2 Å². The van der Waals surface area contributed by atoms with Crippen molar-refractivity contribution in [1.29, 1.82) is 0 Å². The van der Waals surface area contributed by atoms with Crippen LogP contribution in [0.15, 0.2) is 12.1 Å². The normalized spacial score (nSPS) is 21.2. The van der Waals surface area contributed by atoms with E-state index in [1.54, 1.807) is 0 Å². The molecule has 0 atom stereocenters. The van der Waals surface area contributed by atoms with Crippen LogP contribution in [-0.4, -0.2) is 13.1 Å². The topological polar surface area (TPSA) is 52.3 Å². The quantitative estimate of drug-likeness (QED) is 0.475. The summed E-state index contributed by atoms with van der Waals surface area (Å²) in [5, 5.41) is 0. The summed E-state index contributed by atoms with van der Waals surface area (Å²) in [6, 6.07) is 4.30. The molecule has 3 nitrogen and oxygen atoms in total. The zero-order valence-electron chi connectivity index (χ0n) is 14.9. The molecule has 0 bridgehead atoms. The molecule has 0 aromatic heterocycles. The van der Waals surface area contributed by atoms with Crippen LogP contribution >= 0.6 is 0 Å². The van der Waals surface area contributed by atoms with Crippen LogP contribution in [0.1, 0.15) is 61.6 Å². The van der Waals surface area contributed by atoms with E-state index in [0.717, 1.165) is 30.9 Å². The van der Waals surface area contributed by atoms with Crippen LogP contribution in [0.25, 0.3) is 0 Å². The lowest BCUT2D eigenvalue weighted by Crippen LogP contribution is -2.22. The van der Waals surface area contributed by atoms with Gasteiger partial charge in [0.2, 0.25) is 0 Å². The second kappa shape index (κ2) is 8.37. The van der Waals surface area contributed by atoms with Crippen LogP contribution < -0.4 is 5.73 Å². The molecule has 0 radical (unpaired) electrons. The molecule has 1 aromatic carbocycles. The lowest BCUT2D eigenvalue weighted by atomic mass is 9.79. The highest BCUT2D eigenvalue weighted by Gasteiger charge is 2.26. The van der Waals surface area contributed by atoms with Gasteiger partial charge in [0.05, 0.1) is 13.0 Å². The molecule has 1 aromatic rings. The largest absolute Gasteiger partial charge is 0.469 e. The van der Waals surface area contributed by atoms with E-state index >= 15 is 0 Å². The molecular formula is C20H31NO2. The van der Waals surface area contributed by atoms with Crippen molar-refractivity contribution in [3.8, 4) is 0 Å². The molecule has 1 saturated carbocycles. The second-order valence-corrected chi connectivity index (χ2v) is 7.14. The lowest BCUT2D eigenvalue weighted by Gasteiger charge is -2.26. The molecule has 2 rings (SSSR count). The third-order valence-electron chi connectivity index (χ3n) is 5.32. The number of anilines is 1.